The first kappa shape index (κ1) is 10.4. The summed E-state index contributed by atoms with van der Waals surface area (Å²) < 4.78 is 0. The molecule has 2 aliphatic carbocycles. The van der Waals surface area contributed by atoms with E-state index in [-0.39, 0.29) is 0 Å². The van der Waals surface area contributed by atoms with Gasteiger partial charge in [-0.2, -0.15) is 0 Å². The molecule has 2 saturated carbocycles. The summed E-state index contributed by atoms with van der Waals surface area (Å²) in [5.74, 6) is 0. The third kappa shape index (κ3) is 2.96. The normalized spacial score (nSPS) is 24.2. The smallest absolute Gasteiger partial charge is 0.00991 e. The number of rotatable bonds is 7. The molecule has 82 valence electrons. The first-order valence-corrected chi connectivity index (χ1v) is 6.30. The molecule has 0 bridgehead atoms. The van der Waals surface area contributed by atoms with Crippen molar-refractivity contribution in [1.29, 1.82) is 0 Å². The molecule has 2 rings (SSSR count). The molecule has 1 unspecified atom stereocenters. The Morgan fingerprint density at radius 2 is 2.00 bits per heavy atom. The van der Waals surface area contributed by atoms with E-state index in [1.165, 1.54) is 45.2 Å². The summed E-state index contributed by atoms with van der Waals surface area (Å²) in [7, 11) is 0. The first-order valence-electron chi connectivity index (χ1n) is 6.30. The van der Waals surface area contributed by atoms with Crippen LogP contribution in [0.15, 0.2) is 0 Å². The Bertz CT molecular complexity index is 173. The lowest BCUT2D eigenvalue weighted by Gasteiger charge is -2.27. The van der Waals surface area contributed by atoms with Crippen molar-refractivity contribution in [2.45, 2.75) is 64.1 Å². The van der Waals surface area contributed by atoms with Crippen LogP contribution in [0.5, 0.6) is 0 Å². The Hall–Kier alpha value is -0.0800. The molecule has 0 aromatic carbocycles. The predicted octanol–water partition coefficient (Wildman–Crippen LogP) is 2.00. The molecule has 2 aliphatic rings. The molecule has 1 N–H and O–H groups in total. The SMILES string of the molecule is CCN(C(C)CCNC1CC1)C1CC1. The summed E-state index contributed by atoms with van der Waals surface area (Å²) in [5.41, 5.74) is 0. The van der Waals surface area contributed by atoms with E-state index in [4.69, 9.17) is 0 Å². The predicted molar refractivity (Wildman–Crippen MR) is 60.5 cm³/mol. The zero-order valence-corrected chi connectivity index (χ0v) is 9.63. The van der Waals surface area contributed by atoms with Gasteiger partial charge in [-0.3, -0.25) is 4.90 Å². The molecule has 0 heterocycles. The van der Waals surface area contributed by atoms with Crippen molar-refractivity contribution in [3.8, 4) is 0 Å². The molecular weight excluding hydrogens is 172 g/mol. The monoisotopic (exact) mass is 196 g/mol. The summed E-state index contributed by atoms with van der Waals surface area (Å²) in [6.07, 6.45) is 7.02. The Balaban J connectivity index is 1.61. The van der Waals surface area contributed by atoms with Crippen LogP contribution in [-0.2, 0) is 0 Å². The third-order valence-electron chi connectivity index (χ3n) is 3.52. The zero-order chi connectivity index (χ0) is 9.97. The summed E-state index contributed by atoms with van der Waals surface area (Å²) in [6.45, 7) is 7.13. The van der Waals surface area contributed by atoms with Gasteiger partial charge in [0.1, 0.15) is 0 Å². The summed E-state index contributed by atoms with van der Waals surface area (Å²) >= 11 is 0. The van der Waals surface area contributed by atoms with Gasteiger partial charge in [0, 0.05) is 18.1 Å². The van der Waals surface area contributed by atoms with E-state index in [1.807, 2.05) is 0 Å². The third-order valence-corrected chi connectivity index (χ3v) is 3.52. The highest BCUT2D eigenvalue weighted by molar-refractivity contribution is 4.87. The Morgan fingerprint density at radius 1 is 1.29 bits per heavy atom. The van der Waals surface area contributed by atoms with Gasteiger partial charge in [-0.25, -0.2) is 0 Å². The van der Waals surface area contributed by atoms with Gasteiger partial charge in [0.2, 0.25) is 0 Å². The lowest BCUT2D eigenvalue weighted by Crippen LogP contribution is -2.37. The van der Waals surface area contributed by atoms with Crippen LogP contribution in [0.3, 0.4) is 0 Å². The van der Waals surface area contributed by atoms with Gasteiger partial charge in [-0.05, 0) is 52.1 Å². The number of nitrogens with one attached hydrogen (secondary N) is 1. The minimum Gasteiger partial charge on any atom is -0.314 e. The highest BCUT2D eigenvalue weighted by atomic mass is 15.2. The van der Waals surface area contributed by atoms with Crippen molar-refractivity contribution in [3.63, 3.8) is 0 Å². The first-order chi connectivity index (χ1) is 6.81. The Kier molecular flexibility index (Phi) is 3.45. The molecule has 0 aromatic heterocycles. The van der Waals surface area contributed by atoms with E-state index in [2.05, 4.69) is 24.1 Å². The Morgan fingerprint density at radius 3 is 2.50 bits per heavy atom. The van der Waals surface area contributed by atoms with Crippen LogP contribution in [0.2, 0.25) is 0 Å². The van der Waals surface area contributed by atoms with Gasteiger partial charge < -0.3 is 5.32 Å². The molecule has 0 spiro atoms. The van der Waals surface area contributed by atoms with E-state index < -0.39 is 0 Å². The van der Waals surface area contributed by atoms with Gasteiger partial charge in [-0.1, -0.05) is 6.92 Å². The minimum atomic E-state index is 0.777. The molecule has 0 aromatic rings. The zero-order valence-electron chi connectivity index (χ0n) is 9.63. The van der Waals surface area contributed by atoms with Crippen molar-refractivity contribution in [1.82, 2.24) is 10.2 Å². The molecule has 2 fully saturated rings. The van der Waals surface area contributed by atoms with E-state index in [9.17, 15) is 0 Å². The standard InChI is InChI=1S/C12H24N2/c1-3-14(12-6-7-12)10(2)8-9-13-11-4-5-11/h10-13H,3-9H2,1-2H3. The quantitative estimate of drug-likeness (QED) is 0.670. The molecule has 0 amide bonds. The number of hydrogen-bond acceptors (Lipinski definition) is 2. The molecule has 2 heteroatoms. The van der Waals surface area contributed by atoms with Crippen LogP contribution in [0.25, 0.3) is 0 Å². The van der Waals surface area contributed by atoms with Crippen molar-refractivity contribution < 1.29 is 0 Å². The molecule has 1 atom stereocenters. The average Bonchev–Trinajstić information content (AvgIpc) is 3.00. The van der Waals surface area contributed by atoms with Crippen LogP contribution >= 0.6 is 0 Å². The van der Waals surface area contributed by atoms with Crippen LogP contribution in [-0.4, -0.2) is 36.1 Å². The lowest BCUT2D eigenvalue weighted by atomic mass is 10.2. The maximum atomic E-state index is 3.60. The maximum Gasteiger partial charge on any atom is 0.00991 e. The van der Waals surface area contributed by atoms with Crippen LogP contribution < -0.4 is 5.32 Å². The second-order valence-electron chi connectivity index (χ2n) is 4.93. The van der Waals surface area contributed by atoms with Gasteiger partial charge in [0.05, 0.1) is 0 Å². The van der Waals surface area contributed by atoms with Gasteiger partial charge >= 0.3 is 0 Å². The second-order valence-corrected chi connectivity index (χ2v) is 4.93. The van der Waals surface area contributed by atoms with Gasteiger partial charge in [0.25, 0.3) is 0 Å². The highest BCUT2D eigenvalue weighted by Crippen LogP contribution is 2.29. The van der Waals surface area contributed by atoms with Crippen LogP contribution in [0.1, 0.15) is 46.0 Å². The fraction of sp³-hybridized carbons (Fsp3) is 1.00. The van der Waals surface area contributed by atoms with E-state index >= 15 is 0 Å². The number of nitrogens with zero attached hydrogens (tertiary/aromatic N) is 1. The fourth-order valence-electron chi connectivity index (χ4n) is 2.29. The van der Waals surface area contributed by atoms with Crippen LogP contribution in [0, 0.1) is 0 Å². The molecule has 0 radical (unpaired) electrons. The maximum absolute atomic E-state index is 3.60. The summed E-state index contributed by atoms with van der Waals surface area (Å²) in [5, 5.41) is 3.60. The minimum absolute atomic E-state index is 0.777. The van der Waals surface area contributed by atoms with Crippen molar-refractivity contribution in [2.75, 3.05) is 13.1 Å². The van der Waals surface area contributed by atoms with Crippen molar-refractivity contribution >= 4 is 0 Å². The Labute approximate surface area is 88.1 Å². The van der Waals surface area contributed by atoms with Gasteiger partial charge in [-0.15, -0.1) is 0 Å². The van der Waals surface area contributed by atoms with Crippen molar-refractivity contribution in [3.05, 3.63) is 0 Å². The van der Waals surface area contributed by atoms with E-state index in [1.54, 1.807) is 0 Å². The fourth-order valence-corrected chi connectivity index (χ4v) is 2.29. The molecular formula is C12H24N2. The second kappa shape index (κ2) is 4.63. The van der Waals surface area contributed by atoms with Gasteiger partial charge in [0.15, 0.2) is 0 Å². The van der Waals surface area contributed by atoms with Crippen molar-refractivity contribution in [2.24, 2.45) is 0 Å². The summed E-state index contributed by atoms with van der Waals surface area (Å²) in [4.78, 5) is 2.68. The largest absolute Gasteiger partial charge is 0.314 e. The number of hydrogen-bond donors (Lipinski definition) is 1. The topological polar surface area (TPSA) is 15.3 Å². The summed E-state index contributed by atoms with van der Waals surface area (Å²) in [6, 6.07) is 2.58. The van der Waals surface area contributed by atoms with E-state index in [0.29, 0.717) is 0 Å². The molecule has 2 nitrogen and oxygen atoms in total. The average molecular weight is 196 g/mol. The molecule has 0 saturated heterocycles. The lowest BCUT2D eigenvalue weighted by molar-refractivity contribution is 0.199. The van der Waals surface area contributed by atoms with Crippen LogP contribution in [0.4, 0.5) is 0 Å². The molecule has 0 aliphatic heterocycles. The van der Waals surface area contributed by atoms with E-state index in [0.717, 1.165) is 18.1 Å². The highest BCUT2D eigenvalue weighted by Gasteiger charge is 2.30. The molecule has 14 heavy (non-hydrogen) atoms.